The van der Waals surface area contributed by atoms with E-state index in [9.17, 15) is 0 Å². The smallest absolute Gasteiger partial charge is 0.0954 e. The van der Waals surface area contributed by atoms with Crippen LogP contribution in [0.5, 0.6) is 0 Å². The number of nitrogens with zero attached hydrogens (tertiary/aromatic N) is 2. The van der Waals surface area contributed by atoms with E-state index in [4.69, 9.17) is 10.3 Å². The van der Waals surface area contributed by atoms with E-state index in [-0.39, 0.29) is 6.04 Å². The van der Waals surface area contributed by atoms with E-state index < -0.39 is 0 Å². The van der Waals surface area contributed by atoms with Crippen molar-refractivity contribution in [1.29, 1.82) is 0 Å². The van der Waals surface area contributed by atoms with Crippen molar-refractivity contribution in [2.45, 2.75) is 6.04 Å². The maximum atomic E-state index is 5.46. The molecule has 0 aromatic carbocycles. The highest BCUT2D eigenvalue weighted by Crippen LogP contribution is 2.19. The van der Waals surface area contributed by atoms with Crippen molar-refractivity contribution in [1.82, 2.24) is 15.2 Å². The first-order valence-corrected chi connectivity index (χ1v) is 4.29. The summed E-state index contributed by atoms with van der Waals surface area (Å²) in [5, 5.41) is 4.27. The molecule has 0 aliphatic carbocycles. The third-order valence-corrected chi connectivity index (χ3v) is 2.07. The zero-order valence-electron chi connectivity index (χ0n) is 7.84. The summed E-state index contributed by atoms with van der Waals surface area (Å²) in [4.78, 5) is 0. The minimum atomic E-state index is -0.116. The van der Waals surface area contributed by atoms with E-state index in [2.05, 4.69) is 10.5 Å². The summed E-state index contributed by atoms with van der Waals surface area (Å²) in [6, 6.07) is 3.66. The molecule has 0 radical (unpaired) electrons. The quantitative estimate of drug-likeness (QED) is 0.551. The number of furan rings is 1. The summed E-state index contributed by atoms with van der Waals surface area (Å²) in [5.41, 5.74) is 4.53. The molecule has 74 valence electrons. The summed E-state index contributed by atoms with van der Waals surface area (Å²) >= 11 is 0. The number of nitrogens with one attached hydrogen (secondary N) is 1. The van der Waals surface area contributed by atoms with Crippen molar-refractivity contribution in [2.24, 2.45) is 12.9 Å². The van der Waals surface area contributed by atoms with E-state index in [1.165, 1.54) is 0 Å². The van der Waals surface area contributed by atoms with E-state index in [0.717, 1.165) is 11.3 Å². The Bertz CT molecular complexity index is 393. The van der Waals surface area contributed by atoms with Gasteiger partial charge in [-0.3, -0.25) is 10.5 Å². The fourth-order valence-electron chi connectivity index (χ4n) is 1.38. The second-order valence-corrected chi connectivity index (χ2v) is 3.07. The van der Waals surface area contributed by atoms with Crippen LogP contribution in [0.2, 0.25) is 0 Å². The van der Waals surface area contributed by atoms with Crippen LogP contribution < -0.4 is 11.3 Å². The van der Waals surface area contributed by atoms with Gasteiger partial charge >= 0.3 is 0 Å². The highest BCUT2D eigenvalue weighted by atomic mass is 16.3. The van der Waals surface area contributed by atoms with Crippen LogP contribution in [0.25, 0.3) is 0 Å². The summed E-state index contributed by atoms with van der Waals surface area (Å²) in [6.07, 6.45) is 5.14. The average Bonchev–Trinajstić information content (AvgIpc) is 2.79. The van der Waals surface area contributed by atoms with E-state index in [1.54, 1.807) is 17.2 Å². The molecule has 0 aliphatic rings. The first kappa shape index (κ1) is 8.98. The molecule has 2 aromatic rings. The standard InChI is InChI=1S/C9H12N4O/c1-13-4-2-8(12-13)9(11-10)7-3-5-14-6-7/h2-6,9,11H,10H2,1H3. The zero-order valence-corrected chi connectivity index (χ0v) is 7.84. The van der Waals surface area contributed by atoms with Gasteiger partial charge < -0.3 is 4.42 Å². The van der Waals surface area contributed by atoms with Gasteiger partial charge in [-0.05, 0) is 12.1 Å². The number of nitrogens with two attached hydrogens (primary N) is 1. The Balaban J connectivity index is 2.31. The summed E-state index contributed by atoms with van der Waals surface area (Å²) in [5.74, 6) is 5.46. The lowest BCUT2D eigenvalue weighted by Gasteiger charge is -2.10. The highest BCUT2D eigenvalue weighted by Gasteiger charge is 2.15. The molecule has 14 heavy (non-hydrogen) atoms. The topological polar surface area (TPSA) is 69.0 Å². The Morgan fingerprint density at radius 1 is 1.57 bits per heavy atom. The van der Waals surface area contributed by atoms with E-state index in [1.807, 2.05) is 25.4 Å². The maximum absolute atomic E-state index is 5.46. The predicted molar refractivity (Wildman–Crippen MR) is 51.1 cm³/mol. The van der Waals surface area contributed by atoms with Gasteiger partial charge in [0, 0.05) is 18.8 Å². The number of hydrogen-bond acceptors (Lipinski definition) is 4. The van der Waals surface area contributed by atoms with E-state index >= 15 is 0 Å². The van der Waals surface area contributed by atoms with Gasteiger partial charge in [0.05, 0.1) is 24.3 Å². The van der Waals surface area contributed by atoms with Crippen LogP contribution >= 0.6 is 0 Å². The summed E-state index contributed by atoms with van der Waals surface area (Å²) in [7, 11) is 1.87. The predicted octanol–water partition coefficient (Wildman–Crippen LogP) is 0.566. The molecule has 2 heterocycles. The van der Waals surface area contributed by atoms with Crippen molar-refractivity contribution in [3.8, 4) is 0 Å². The van der Waals surface area contributed by atoms with Crippen molar-refractivity contribution in [3.05, 3.63) is 42.1 Å². The van der Waals surface area contributed by atoms with Gasteiger partial charge in [0.1, 0.15) is 0 Å². The molecular formula is C9H12N4O. The Hall–Kier alpha value is -1.59. The fraction of sp³-hybridized carbons (Fsp3) is 0.222. The third-order valence-electron chi connectivity index (χ3n) is 2.07. The summed E-state index contributed by atoms with van der Waals surface area (Å²) in [6.45, 7) is 0. The number of aromatic nitrogens is 2. The number of rotatable bonds is 3. The van der Waals surface area contributed by atoms with Crippen molar-refractivity contribution in [2.75, 3.05) is 0 Å². The Labute approximate surface area is 81.5 Å². The van der Waals surface area contributed by atoms with Crippen molar-refractivity contribution >= 4 is 0 Å². The van der Waals surface area contributed by atoms with Crippen molar-refractivity contribution < 1.29 is 4.42 Å². The van der Waals surface area contributed by atoms with Gasteiger partial charge in [-0.1, -0.05) is 0 Å². The fourth-order valence-corrected chi connectivity index (χ4v) is 1.38. The maximum Gasteiger partial charge on any atom is 0.0954 e. The van der Waals surface area contributed by atoms with Gasteiger partial charge in [-0.2, -0.15) is 5.10 Å². The molecule has 0 amide bonds. The van der Waals surface area contributed by atoms with Gasteiger partial charge in [0.25, 0.3) is 0 Å². The first-order chi connectivity index (χ1) is 6.81. The van der Waals surface area contributed by atoms with Crippen molar-refractivity contribution in [3.63, 3.8) is 0 Å². The number of hydrazine groups is 1. The second kappa shape index (κ2) is 3.65. The molecule has 2 aromatic heterocycles. The minimum Gasteiger partial charge on any atom is -0.472 e. The molecule has 0 bridgehead atoms. The molecule has 0 fully saturated rings. The van der Waals surface area contributed by atoms with Gasteiger partial charge in [-0.15, -0.1) is 0 Å². The number of aryl methyl sites for hydroxylation is 1. The van der Waals surface area contributed by atoms with E-state index in [0.29, 0.717) is 0 Å². The molecule has 2 rings (SSSR count). The van der Waals surface area contributed by atoms with Crippen LogP contribution in [0.3, 0.4) is 0 Å². The Morgan fingerprint density at radius 3 is 2.93 bits per heavy atom. The van der Waals surface area contributed by atoms with Crippen LogP contribution in [0.4, 0.5) is 0 Å². The Morgan fingerprint density at radius 2 is 2.43 bits per heavy atom. The second-order valence-electron chi connectivity index (χ2n) is 3.07. The molecule has 0 aliphatic heterocycles. The van der Waals surface area contributed by atoms with Crippen LogP contribution in [0.15, 0.2) is 35.3 Å². The Kier molecular flexibility index (Phi) is 2.34. The van der Waals surface area contributed by atoms with Gasteiger partial charge in [0.2, 0.25) is 0 Å². The lowest BCUT2D eigenvalue weighted by molar-refractivity contribution is 0.548. The van der Waals surface area contributed by atoms with Gasteiger partial charge in [0.15, 0.2) is 0 Å². The molecule has 1 atom stereocenters. The molecule has 3 N–H and O–H groups in total. The summed E-state index contributed by atoms with van der Waals surface area (Å²) < 4.78 is 6.73. The molecule has 0 spiro atoms. The third kappa shape index (κ3) is 1.55. The highest BCUT2D eigenvalue weighted by molar-refractivity contribution is 5.22. The molecule has 5 nitrogen and oxygen atoms in total. The zero-order chi connectivity index (χ0) is 9.97. The normalized spacial score (nSPS) is 13.0. The molecule has 5 heteroatoms. The molecule has 1 unspecified atom stereocenters. The monoisotopic (exact) mass is 192 g/mol. The molecular weight excluding hydrogens is 180 g/mol. The molecule has 0 saturated heterocycles. The van der Waals surface area contributed by atoms with Crippen LogP contribution in [-0.2, 0) is 7.05 Å². The van der Waals surface area contributed by atoms with Crippen LogP contribution in [-0.4, -0.2) is 9.78 Å². The number of hydrogen-bond donors (Lipinski definition) is 2. The van der Waals surface area contributed by atoms with Crippen LogP contribution in [0.1, 0.15) is 17.3 Å². The first-order valence-electron chi connectivity index (χ1n) is 4.29. The molecule has 0 saturated carbocycles. The largest absolute Gasteiger partial charge is 0.472 e. The lowest BCUT2D eigenvalue weighted by atomic mass is 10.1. The SMILES string of the molecule is Cn1ccc(C(NN)c2ccoc2)n1. The van der Waals surface area contributed by atoms with Gasteiger partial charge in [-0.25, -0.2) is 5.43 Å². The average molecular weight is 192 g/mol. The minimum absolute atomic E-state index is 0.116. The lowest BCUT2D eigenvalue weighted by Crippen LogP contribution is -2.28. The van der Waals surface area contributed by atoms with Crippen LogP contribution in [0, 0.1) is 0 Å².